The van der Waals surface area contributed by atoms with Crippen LogP contribution in [-0.2, 0) is 14.8 Å². The topological polar surface area (TPSA) is 86.8 Å². The van der Waals surface area contributed by atoms with E-state index >= 15 is 0 Å². The first-order valence-corrected chi connectivity index (χ1v) is 10.9. The van der Waals surface area contributed by atoms with Gasteiger partial charge in [0.05, 0.1) is 11.4 Å². The van der Waals surface area contributed by atoms with Gasteiger partial charge in [-0.1, -0.05) is 31.9 Å². The number of carbonyl (C=O) groups is 2. The summed E-state index contributed by atoms with van der Waals surface area (Å²) in [6.07, 6.45) is 3.20. The number of hydrogen-bond acceptors (Lipinski definition) is 5. The van der Waals surface area contributed by atoms with Crippen molar-refractivity contribution in [1.29, 1.82) is 0 Å². The zero-order valence-electron chi connectivity index (χ0n) is 16.1. The highest BCUT2D eigenvalue weighted by Gasteiger charge is 2.29. The molecule has 0 saturated carbocycles. The number of hydrogen-bond donors (Lipinski definition) is 1. The molecule has 8 heteroatoms. The molecule has 0 bridgehead atoms. The van der Waals surface area contributed by atoms with E-state index in [0.717, 1.165) is 19.3 Å². The third-order valence-corrected chi connectivity index (χ3v) is 6.61. The van der Waals surface area contributed by atoms with Gasteiger partial charge >= 0.3 is 0 Å². The van der Waals surface area contributed by atoms with Gasteiger partial charge in [0, 0.05) is 38.3 Å². The van der Waals surface area contributed by atoms with Crippen LogP contribution < -0.4 is 5.32 Å². The first kappa shape index (κ1) is 21.5. The van der Waals surface area contributed by atoms with Gasteiger partial charge in [-0.2, -0.15) is 4.31 Å². The molecule has 1 saturated heterocycles. The Morgan fingerprint density at radius 1 is 1.04 bits per heavy atom. The van der Waals surface area contributed by atoms with E-state index in [2.05, 4.69) is 12.2 Å². The van der Waals surface area contributed by atoms with Crippen molar-refractivity contribution in [2.24, 2.45) is 0 Å². The van der Waals surface area contributed by atoms with E-state index in [4.69, 9.17) is 0 Å². The normalized spacial score (nSPS) is 16.2. The maximum atomic E-state index is 12.7. The fraction of sp³-hybridized carbons (Fsp3) is 0.579. The minimum absolute atomic E-state index is 0.0118. The molecule has 0 radical (unpaired) electrons. The molecule has 0 unspecified atom stereocenters. The van der Waals surface area contributed by atoms with Crippen LogP contribution >= 0.6 is 0 Å². The maximum absolute atomic E-state index is 12.7. The Bertz CT molecular complexity index is 739. The van der Waals surface area contributed by atoms with E-state index in [1.807, 2.05) is 4.90 Å². The van der Waals surface area contributed by atoms with Gasteiger partial charge in [-0.3, -0.25) is 14.5 Å². The largest absolute Gasteiger partial charge is 0.355 e. The molecule has 1 N–H and O–H groups in total. The van der Waals surface area contributed by atoms with Gasteiger partial charge in [-0.05, 0) is 25.5 Å². The van der Waals surface area contributed by atoms with Crippen molar-refractivity contribution in [2.45, 2.75) is 38.0 Å². The fourth-order valence-electron chi connectivity index (χ4n) is 3.00. The lowest BCUT2D eigenvalue weighted by Gasteiger charge is -2.33. The van der Waals surface area contributed by atoms with Crippen molar-refractivity contribution in [2.75, 3.05) is 39.3 Å². The molecule has 1 fully saturated rings. The van der Waals surface area contributed by atoms with Crippen molar-refractivity contribution < 1.29 is 18.0 Å². The average molecular weight is 396 g/mol. The predicted octanol–water partition coefficient (Wildman–Crippen LogP) is 1.50. The summed E-state index contributed by atoms with van der Waals surface area (Å²) in [4.78, 5) is 25.4. The summed E-state index contributed by atoms with van der Waals surface area (Å²) in [7, 11) is -3.58. The summed E-state index contributed by atoms with van der Waals surface area (Å²) in [5, 5.41) is 2.91. The third-order valence-electron chi connectivity index (χ3n) is 4.70. The van der Waals surface area contributed by atoms with Gasteiger partial charge in [0.15, 0.2) is 5.78 Å². The van der Waals surface area contributed by atoms with Gasteiger partial charge in [0.2, 0.25) is 15.9 Å². The number of nitrogens with one attached hydrogen (secondary N) is 1. The standard InChI is InChI=1S/C19H29N3O4S/c1-3-4-5-10-20-19(24)15-21-11-13-22(14-12-21)27(25,26)18-8-6-17(7-9-18)16(2)23/h6-9H,3-5,10-15H2,1-2H3,(H,20,24). The second kappa shape index (κ2) is 9.96. The number of nitrogens with zero attached hydrogens (tertiary/aromatic N) is 2. The van der Waals surface area contributed by atoms with E-state index in [1.54, 1.807) is 0 Å². The van der Waals surface area contributed by atoms with Crippen LogP contribution in [0.1, 0.15) is 43.5 Å². The lowest BCUT2D eigenvalue weighted by atomic mass is 10.2. The molecule has 1 aliphatic heterocycles. The first-order chi connectivity index (χ1) is 12.8. The van der Waals surface area contributed by atoms with Crippen molar-refractivity contribution >= 4 is 21.7 Å². The monoisotopic (exact) mass is 395 g/mol. The summed E-state index contributed by atoms with van der Waals surface area (Å²) >= 11 is 0. The average Bonchev–Trinajstić information content (AvgIpc) is 2.66. The SMILES string of the molecule is CCCCCNC(=O)CN1CCN(S(=O)(=O)c2ccc(C(C)=O)cc2)CC1. The summed E-state index contributed by atoms with van der Waals surface area (Å²) in [5.41, 5.74) is 0.490. The van der Waals surface area contributed by atoms with Crippen LogP contribution in [0.25, 0.3) is 0 Å². The lowest BCUT2D eigenvalue weighted by Crippen LogP contribution is -2.51. The molecule has 27 heavy (non-hydrogen) atoms. The zero-order valence-corrected chi connectivity index (χ0v) is 16.9. The van der Waals surface area contributed by atoms with Gasteiger partial charge in [0.25, 0.3) is 0 Å². The number of amides is 1. The summed E-state index contributed by atoms with van der Waals surface area (Å²) in [6, 6.07) is 6.02. The van der Waals surface area contributed by atoms with Crippen LogP contribution in [0.2, 0.25) is 0 Å². The molecular weight excluding hydrogens is 366 g/mol. The third kappa shape index (κ3) is 6.12. The van der Waals surface area contributed by atoms with Gasteiger partial charge in [-0.15, -0.1) is 0 Å². The number of Topliss-reactive ketones (excluding diaryl/α,β-unsaturated/α-hetero) is 1. The number of benzene rings is 1. The second-order valence-corrected chi connectivity index (χ2v) is 8.76. The minimum atomic E-state index is -3.58. The maximum Gasteiger partial charge on any atom is 0.243 e. The highest BCUT2D eigenvalue weighted by molar-refractivity contribution is 7.89. The second-order valence-electron chi connectivity index (χ2n) is 6.82. The molecule has 0 spiro atoms. The van der Waals surface area contributed by atoms with Crippen LogP contribution in [0.5, 0.6) is 0 Å². The molecule has 1 aromatic rings. The van der Waals surface area contributed by atoms with Gasteiger partial charge in [0.1, 0.15) is 0 Å². The van der Waals surface area contributed by atoms with E-state index in [1.165, 1.54) is 35.5 Å². The van der Waals surface area contributed by atoms with Gasteiger partial charge in [-0.25, -0.2) is 8.42 Å². The number of sulfonamides is 1. The molecule has 0 aromatic heterocycles. The number of ketones is 1. The quantitative estimate of drug-likeness (QED) is 0.506. The van der Waals surface area contributed by atoms with Crippen molar-refractivity contribution in [3.63, 3.8) is 0 Å². The van der Waals surface area contributed by atoms with Crippen molar-refractivity contribution in [3.8, 4) is 0 Å². The highest BCUT2D eigenvalue weighted by atomic mass is 32.2. The van der Waals surface area contributed by atoms with E-state index < -0.39 is 10.0 Å². The van der Waals surface area contributed by atoms with E-state index in [9.17, 15) is 18.0 Å². The van der Waals surface area contributed by atoms with Gasteiger partial charge < -0.3 is 5.32 Å². The molecular formula is C19H29N3O4S. The number of piperazine rings is 1. The number of unbranched alkanes of at least 4 members (excludes halogenated alkanes) is 2. The summed E-state index contributed by atoms with van der Waals surface area (Å²) in [6.45, 7) is 6.29. The molecule has 1 amide bonds. The summed E-state index contributed by atoms with van der Waals surface area (Å²) < 4.78 is 26.9. The number of carbonyl (C=O) groups excluding carboxylic acids is 2. The van der Waals surface area contributed by atoms with Crippen LogP contribution in [0, 0.1) is 0 Å². The Morgan fingerprint density at radius 2 is 1.67 bits per heavy atom. The minimum Gasteiger partial charge on any atom is -0.355 e. The zero-order chi connectivity index (χ0) is 19.9. The molecule has 0 atom stereocenters. The number of rotatable bonds is 9. The molecule has 7 nitrogen and oxygen atoms in total. The van der Waals surface area contributed by atoms with Crippen molar-refractivity contribution in [3.05, 3.63) is 29.8 Å². The Hall–Kier alpha value is -1.77. The molecule has 1 heterocycles. The smallest absolute Gasteiger partial charge is 0.243 e. The molecule has 0 aliphatic carbocycles. The van der Waals surface area contributed by atoms with Crippen molar-refractivity contribution in [1.82, 2.24) is 14.5 Å². The molecule has 2 rings (SSSR count). The fourth-order valence-corrected chi connectivity index (χ4v) is 4.42. The van der Waals surface area contributed by atoms with Crippen LogP contribution in [0.15, 0.2) is 29.2 Å². The van der Waals surface area contributed by atoms with Crippen LogP contribution in [0.3, 0.4) is 0 Å². The van der Waals surface area contributed by atoms with Crippen LogP contribution in [-0.4, -0.2) is 68.6 Å². The highest BCUT2D eigenvalue weighted by Crippen LogP contribution is 2.18. The Kier molecular flexibility index (Phi) is 7.94. The van der Waals surface area contributed by atoms with E-state index in [-0.39, 0.29) is 16.6 Å². The Labute approximate surface area is 161 Å². The molecule has 1 aliphatic rings. The Morgan fingerprint density at radius 3 is 2.22 bits per heavy atom. The summed E-state index contributed by atoms with van der Waals surface area (Å²) in [5.74, 6) is -0.109. The molecule has 150 valence electrons. The predicted molar refractivity (Wildman–Crippen MR) is 104 cm³/mol. The van der Waals surface area contributed by atoms with Crippen LogP contribution in [0.4, 0.5) is 0 Å². The first-order valence-electron chi connectivity index (χ1n) is 9.44. The van der Waals surface area contributed by atoms with E-state index in [0.29, 0.717) is 44.8 Å². The molecule has 1 aromatic carbocycles. The lowest BCUT2D eigenvalue weighted by molar-refractivity contribution is -0.122. The Balaban J connectivity index is 1.85.